The monoisotopic (exact) mass is 384 g/mol. The number of ether oxygens (including phenoxy) is 1. The van der Waals surface area contributed by atoms with Crippen molar-refractivity contribution in [2.75, 3.05) is 39.5 Å². The molecule has 0 saturated carbocycles. The standard InChI is InChI=1S/C18H32N4O3S/c1-5-26(23,24)22-13-6-12-20-18(19-3)21-14-11-15(2)16-7-9-17(25-4)10-8-16/h7-10,15,22H,5-6,11-14H2,1-4H3,(H2,19,20,21). The zero-order chi connectivity index (χ0) is 19.4. The highest BCUT2D eigenvalue weighted by Gasteiger charge is 2.07. The topological polar surface area (TPSA) is 91.8 Å². The number of hydrogen-bond acceptors (Lipinski definition) is 4. The molecule has 0 fully saturated rings. The van der Waals surface area contributed by atoms with Crippen molar-refractivity contribution in [3.63, 3.8) is 0 Å². The number of rotatable bonds is 11. The summed E-state index contributed by atoms with van der Waals surface area (Å²) in [5.74, 6) is 2.13. The van der Waals surface area contributed by atoms with Gasteiger partial charge in [0, 0.05) is 26.7 Å². The molecule has 1 rings (SSSR count). The van der Waals surface area contributed by atoms with Crippen molar-refractivity contribution in [3.8, 4) is 5.75 Å². The van der Waals surface area contributed by atoms with Gasteiger partial charge >= 0.3 is 0 Å². The van der Waals surface area contributed by atoms with Crippen LogP contribution in [0.1, 0.15) is 38.2 Å². The van der Waals surface area contributed by atoms with Crippen LogP contribution in [0.3, 0.4) is 0 Å². The molecule has 0 aromatic heterocycles. The van der Waals surface area contributed by atoms with E-state index in [0.29, 0.717) is 25.4 Å². The lowest BCUT2D eigenvalue weighted by Crippen LogP contribution is -2.39. The lowest BCUT2D eigenvalue weighted by molar-refractivity contribution is 0.414. The first-order valence-electron chi connectivity index (χ1n) is 8.97. The van der Waals surface area contributed by atoms with E-state index in [9.17, 15) is 8.42 Å². The van der Waals surface area contributed by atoms with Gasteiger partial charge in [0.2, 0.25) is 10.0 Å². The molecule has 0 saturated heterocycles. The number of benzene rings is 1. The zero-order valence-corrected chi connectivity index (χ0v) is 17.0. The minimum atomic E-state index is -3.11. The Morgan fingerprint density at radius 3 is 2.38 bits per heavy atom. The fraction of sp³-hybridized carbons (Fsp3) is 0.611. The van der Waals surface area contributed by atoms with E-state index in [2.05, 4.69) is 39.4 Å². The number of guanidine groups is 1. The lowest BCUT2D eigenvalue weighted by Gasteiger charge is -2.15. The highest BCUT2D eigenvalue weighted by atomic mass is 32.2. The average molecular weight is 385 g/mol. The lowest BCUT2D eigenvalue weighted by atomic mass is 9.98. The van der Waals surface area contributed by atoms with E-state index in [1.165, 1.54) is 5.56 Å². The number of aliphatic imine (C=N–C) groups is 1. The van der Waals surface area contributed by atoms with Gasteiger partial charge < -0.3 is 15.4 Å². The van der Waals surface area contributed by atoms with Crippen molar-refractivity contribution in [2.45, 2.75) is 32.6 Å². The molecule has 0 heterocycles. The summed E-state index contributed by atoms with van der Waals surface area (Å²) in [7, 11) is 0.279. The van der Waals surface area contributed by atoms with E-state index in [4.69, 9.17) is 4.74 Å². The van der Waals surface area contributed by atoms with E-state index in [1.54, 1.807) is 21.1 Å². The molecule has 1 atom stereocenters. The van der Waals surface area contributed by atoms with Crippen LogP contribution in [-0.2, 0) is 10.0 Å². The molecule has 8 heteroatoms. The van der Waals surface area contributed by atoms with E-state index in [0.717, 1.165) is 24.7 Å². The SMILES string of the molecule is CCS(=O)(=O)NCCCNC(=NC)NCCC(C)c1ccc(OC)cc1. The van der Waals surface area contributed by atoms with Gasteiger partial charge in [-0.05, 0) is 43.4 Å². The van der Waals surface area contributed by atoms with Crippen molar-refractivity contribution in [3.05, 3.63) is 29.8 Å². The molecule has 1 aromatic rings. The Labute approximate surface area is 157 Å². The van der Waals surface area contributed by atoms with Gasteiger partial charge in [-0.25, -0.2) is 13.1 Å². The predicted molar refractivity (Wildman–Crippen MR) is 107 cm³/mol. The molecule has 26 heavy (non-hydrogen) atoms. The van der Waals surface area contributed by atoms with Gasteiger partial charge in [0.1, 0.15) is 5.75 Å². The highest BCUT2D eigenvalue weighted by Crippen LogP contribution is 2.21. The average Bonchev–Trinajstić information content (AvgIpc) is 2.66. The molecule has 0 bridgehead atoms. The molecule has 7 nitrogen and oxygen atoms in total. The van der Waals surface area contributed by atoms with E-state index >= 15 is 0 Å². The largest absolute Gasteiger partial charge is 0.497 e. The van der Waals surface area contributed by atoms with Crippen LogP contribution in [0.4, 0.5) is 0 Å². The first-order chi connectivity index (χ1) is 12.4. The normalized spacial score (nSPS) is 13.3. The van der Waals surface area contributed by atoms with Crippen molar-refractivity contribution in [1.82, 2.24) is 15.4 Å². The third kappa shape index (κ3) is 8.53. The smallest absolute Gasteiger partial charge is 0.211 e. The van der Waals surface area contributed by atoms with E-state index < -0.39 is 10.0 Å². The molecule has 0 aliphatic carbocycles. The van der Waals surface area contributed by atoms with Crippen LogP contribution < -0.4 is 20.1 Å². The molecule has 1 unspecified atom stereocenters. The molecule has 148 valence electrons. The molecule has 0 aliphatic rings. The third-order valence-corrected chi connectivity index (χ3v) is 5.53. The molecular formula is C18H32N4O3S. The Balaban J connectivity index is 2.25. The van der Waals surface area contributed by atoms with E-state index in [-0.39, 0.29) is 5.75 Å². The van der Waals surface area contributed by atoms with Gasteiger partial charge in [-0.1, -0.05) is 19.1 Å². The minimum absolute atomic E-state index is 0.107. The maximum absolute atomic E-state index is 11.3. The minimum Gasteiger partial charge on any atom is -0.497 e. The van der Waals surface area contributed by atoms with Crippen molar-refractivity contribution in [2.24, 2.45) is 4.99 Å². The maximum Gasteiger partial charge on any atom is 0.211 e. The van der Waals surface area contributed by atoms with Crippen molar-refractivity contribution >= 4 is 16.0 Å². The number of methoxy groups -OCH3 is 1. The van der Waals surface area contributed by atoms with Crippen molar-refractivity contribution in [1.29, 1.82) is 0 Å². The summed E-state index contributed by atoms with van der Waals surface area (Å²) in [6, 6.07) is 8.14. The molecule has 0 aliphatic heterocycles. The number of nitrogens with zero attached hydrogens (tertiary/aromatic N) is 1. The van der Waals surface area contributed by atoms with Gasteiger partial charge in [0.15, 0.2) is 5.96 Å². The first-order valence-corrected chi connectivity index (χ1v) is 10.6. The summed E-state index contributed by atoms with van der Waals surface area (Å²) in [5, 5.41) is 6.48. The second-order valence-corrected chi connectivity index (χ2v) is 8.14. The summed E-state index contributed by atoms with van der Waals surface area (Å²) < 4.78 is 30.4. The van der Waals surface area contributed by atoms with Crippen LogP contribution in [0.2, 0.25) is 0 Å². The molecule has 0 spiro atoms. The fourth-order valence-corrected chi connectivity index (χ4v) is 3.01. The summed E-state index contributed by atoms with van der Waals surface area (Å²) >= 11 is 0. The molecule has 3 N–H and O–H groups in total. The van der Waals surface area contributed by atoms with Gasteiger partial charge in [-0.15, -0.1) is 0 Å². The van der Waals surface area contributed by atoms with Crippen LogP contribution in [0.15, 0.2) is 29.3 Å². The first kappa shape index (κ1) is 22.2. The highest BCUT2D eigenvalue weighted by molar-refractivity contribution is 7.89. The van der Waals surface area contributed by atoms with Crippen LogP contribution in [0, 0.1) is 0 Å². The Bertz CT molecular complexity index is 645. The predicted octanol–water partition coefficient (Wildman–Crippen LogP) is 1.68. The van der Waals surface area contributed by atoms with Gasteiger partial charge in [0.25, 0.3) is 0 Å². The van der Waals surface area contributed by atoms with Crippen LogP contribution in [0.25, 0.3) is 0 Å². The van der Waals surface area contributed by atoms with Gasteiger partial charge in [0.05, 0.1) is 12.9 Å². The third-order valence-electron chi connectivity index (χ3n) is 4.13. The van der Waals surface area contributed by atoms with Crippen LogP contribution >= 0.6 is 0 Å². The zero-order valence-electron chi connectivity index (χ0n) is 16.2. The van der Waals surface area contributed by atoms with Crippen LogP contribution in [0.5, 0.6) is 5.75 Å². The molecular weight excluding hydrogens is 352 g/mol. The second kappa shape index (κ2) is 11.7. The Morgan fingerprint density at radius 1 is 1.15 bits per heavy atom. The maximum atomic E-state index is 11.3. The second-order valence-electron chi connectivity index (χ2n) is 6.04. The Hall–Kier alpha value is -1.80. The van der Waals surface area contributed by atoms with Crippen molar-refractivity contribution < 1.29 is 13.2 Å². The Morgan fingerprint density at radius 2 is 1.81 bits per heavy atom. The molecule has 0 amide bonds. The number of nitrogens with one attached hydrogen (secondary N) is 3. The summed E-state index contributed by atoms with van der Waals surface area (Å²) in [6.45, 7) is 5.70. The summed E-state index contributed by atoms with van der Waals surface area (Å²) in [5.41, 5.74) is 1.28. The summed E-state index contributed by atoms with van der Waals surface area (Å²) in [6.07, 6.45) is 1.67. The quantitative estimate of drug-likeness (QED) is 0.307. The Kier molecular flexibility index (Phi) is 10.0. The molecule has 1 aromatic carbocycles. The van der Waals surface area contributed by atoms with Gasteiger partial charge in [-0.2, -0.15) is 0 Å². The van der Waals surface area contributed by atoms with E-state index in [1.807, 2.05) is 12.1 Å². The molecule has 0 radical (unpaired) electrons. The summed E-state index contributed by atoms with van der Waals surface area (Å²) in [4.78, 5) is 4.18. The number of sulfonamides is 1. The van der Waals surface area contributed by atoms with Crippen LogP contribution in [-0.4, -0.2) is 53.9 Å². The number of hydrogen-bond donors (Lipinski definition) is 3. The fourth-order valence-electron chi connectivity index (χ4n) is 2.35. The van der Waals surface area contributed by atoms with Gasteiger partial charge in [-0.3, -0.25) is 4.99 Å².